The first-order valence-corrected chi connectivity index (χ1v) is 3.21. The van der Waals surface area contributed by atoms with Gasteiger partial charge >= 0.3 is 12.4 Å². The second-order valence-corrected chi connectivity index (χ2v) is 2.38. The molecule has 0 radical (unpaired) electrons. The molecule has 0 saturated carbocycles. The fraction of sp³-hybridized carbons (Fsp3) is 0.833. The number of hydrogen-bond acceptors (Lipinski definition) is 5. The minimum atomic E-state index is -1.27. The molecule has 0 spiro atoms. The average Bonchev–Trinajstić information content (AvgIpc) is 2.30. The minimum absolute atomic E-state index is 0.420. The predicted molar refractivity (Wildman–Crippen MR) is 33.5 cm³/mol. The molecule has 1 aliphatic heterocycles. The van der Waals surface area contributed by atoms with Crippen LogP contribution in [0.2, 0.25) is 0 Å². The number of rotatable bonds is 2. The van der Waals surface area contributed by atoms with Gasteiger partial charge in [0.25, 0.3) is 0 Å². The highest BCUT2D eigenvalue weighted by molar-refractivity contribution is 5.59. The molecule has 1 aliphatic rings. The lowest BCUT2D eigenvalue weighted by molar-refractivity contribution is -0.0102. The van der Waals surface area contributed by atoms with Crippen LogP contribution in [-0.2, 0) is 9.53 Å². The Morgan fingerprint density at radius 3 is 2.27 bits per heavy atom. The van der Waals surface area contributed by atoms with Crippen LogP contribution in [0.25, 0.3) is 0 Å². The van der Waals surface area contributed by atoms with Gasteiger partial charge in [0.05, 0.1) is 6.61 Å². The Morgan fingerprint density at radius 1 is 1.36 bits per heavy atom. The number of carbonyl (C=O) groups excluding carboxylic acids is 1. The third-order valence-electron chi connectivity index (χ3n) is 1.66. The molecule has 1 fully saturated rings. The van der Waals surface area contributed by atoms with Crippen LogP contribution < -0.4 is 0 Å². The summed E-state index contributed by atoms with van der Waals surface area (Å²) in [4.78, 5) is 10.0. The molecule has 3 N–H and O–H groups in total. The van der Waals surface area contributed by atoms with E-state index in [9.17, 15) is 4.79 Å². The summed E-state index contributed by atoms with van der Waals surface area (Å²) in [6.07, 6.45) is -3.08. The lowest BCUT2D eigenvalue weighted by atomic mass is 10.1. The standard InChI is InChI=1S/C6H9O5/c7-1-3-5(9)6(10)4(2-8)11-3/h3-7,9-10H,1H2/q+1/t3-,4?,5-,6+/m1/s1. The molecule has 1 unspecified atom stereocenters. The van der Waals surface area contributed by atoms with E-state index in [0.29, 0.717) is 0 Å². The van der Waals surface area contributed by atoms with Crippen LogP contribution in [0.4, 0.5) is 0 Å². The van der Waals surface area contributed by atoms with Crippen molar-refractivity contribution >= 4 is 6.29 Å². The zero-order chi connectivity index (χ0) is 8.43. The van der Waals surface area contributed by atoms with E-state index in [2.05, 4.69) is 0 Å². The van der Waals surface area contributed by atoms with Crippen molar-refractivity contribution in [3.63, 3.8) is 0 Å². The van der Waals surface area contributed by atoms with Gasteiger partial charge in [0.15, 0.2) is 6.10 Å². The molecule has 11 heavy (non-hydrogen) atoms. The van der Waals surface area contributed by atoms with Crippen LogP contribution in [0.5, 0.6) is 0 Å². The van der Waals surface area contributed by atoms with Gasteiger partial charge in [-0.25, -0.2) is 0 Å². The van der Waals surface area contributed by atoms with Gasteiger partial charge in [0.1, 0.15) is 12.2 Å². The van der Waals surface area contributed by atoms with Crippen molar-refractivity contribution in [2.75, 3.05) is 6.61 Å². The number of aliphatic hydroxyl groups excluding tert-OH is 3. The molecule has 0 aromatic rings. The van der Waals surface area contributed by atoms with E-state index < -0.39 is 31.0 Å². The molecule has 5 heteroatoms. The summed E-state index contributed by atoms with van der Waals surface area (Å²) in [5.74, 6) is 0. The minimum Gasteiger partial charge on any atom is -0.394 e. The number of ether oxygens (including phenoxy) is 1. The maximum absolute atomic E-state index is 10.0. The van der Waals surface area contributed by atoms with Crippen molar-refractivity contribution in [1.82, 2.24) is 0 Å². The van der Waals surface area contributed by atoms with Crippen molar-refractivity contribution < 1.29 is 24.9 Å². The molecule has 0 aromatic heterocycles. The summed E-state index contributed by atoms with van der Waals surface area (Å²) in [5, 5.41) is 26.6. The van der Waals surface area contributed by atoms with Gasteiger partial charge in [-0.3, -0.25) is 0 Å². The van der Waals surface area contributed by atoms with Crippen LogP contribution in [0.15, 0.2) is 0 Å². The molecule has 1 heterocycles. The Morgan fingerprint density at radius 2 is 2.00 bits per heavy atom. The van der Waals surface area contributed by atoms with E-state index in [1.165, 1.54) is 6.29 Å². The van der Waals surface area contributed by atoms with Gasteiger partial charge in [-0.1, -0.05) is 0 Å². The van der Waals surface area contributed by atoms with E-state index in [1.54, 1.807) is 0 Å². The van der Waals surface area contributed by atoms with Gasteiger partial charge in [-0.2, -0.15) is 0 Å². The first-order valence-electron chi connectivity index (χ1n) is 3.21. The van der Waals surface area contributed by atoms with Crippen molar-refractivity contribution in [3.05, 3.63) is 0 Å². The predicted octanol–water partition coefficient (Wildman–Crippen LogP) is -2.42. The highest BCUT2D eigenvalue weighted by Gasteiger charge is 2.50. The molecule has 0 amide bonds. The van der Waals surface area contributed by atoms with Crippen molar-refractivity contribution in [1.29, 1.82) is 0 Å². The molecular formula is C6H9O5+. The summed E-state index contributed by atoms with van der Waals surface area (Å²) in [6.45, 7) is -0.420. The molecule has 0 bridgehead atoms. The number of aliphatic hydroxyl groups is 3. The van der Waals surface area contributed by atoms with Crippen LogP contribution in [0.3, 0.4) is 0 Å². The van der Waals surface area contributed by atoms with Crippen LogP contribution in [0, 0.1) is 0 Å². The summed E-state index contributed by atoms with van der Waals surface area (Å²) in [7, 11) is 0. The lowest BCUT2D eigenvalue weighted by Gasteiger charge is -2.08. The molecule has 62 valence electrons. The Balaban J connectivity index is 2.60. The third-order valence-corrected chi connectivity index (χ3v) is 1.66. The second-order valence-electron chi connectivity index (χ2n) is 2.38. The quantitative estimate of drug-likeness (QED) is 0.392. The van der Waals surface area contributed by atoms with Crippen LogP contribution in [-0.4, -0.2) is 52.6 Å². The summed E-state index contributed by atoms with van der Waals surface area (Å²) >= 11 is 0. The van der Waals surface area contributed by atoms with Crippen molar-refractivity contribution in [2.45, 2.75) is 24.4 Å². The zero-order valence-electron chi connectivity index (χ0n) is 5.67. The van der Waals surface area contributed by atoms with E-state index in [-0.39, 0.29) is 0 Å². The maximum Gasteiger partial charge on any atom is 0.543 e. The summed E-state index contributed by atoms with van der Waals surface area (Å²) < 4.78 is 4.71. The monoisotopic (exact) mass is 161 g/mol. The maximum atomic E-state index is 10.0. The van der Waals surface area contributed by atoms with Crippen molar-refractivity contribution in [3.8, 4) is 0 Å². The molecule has 1 saturated heterocycles. The normalized spacial score (nSPS) is 43.9. The molecule has 1 rings (SSSR count). The summed E-state index contributed by atoms with van der Waals surface area (Å²) in [6, 6.07) is 0. The average molecular weight is 161 g/mol. The lowest BCUT2D eigenvalue weighted by Crippen LogP contribution is -2.34. The van der Waals surface area contributed by atoms with E-state index >= 15 is 0 Å². The van der Waals surface area contributed by atoms with Gasteiger partial charge < -0.3 is 20.1 Å². The largest absolute Gasteiger partial charge is 0.543 e. The first-order chi connectivity index (χ1) is 5.20. The van der Waals surface area contributed by atoms with E-state index in [1.807, 2.05) is 0 Å². The fourth-order valence-corrected chi connectivity index (χ4v) is 0.997. The second kappa shape index (κ2) is 3.21. The molecule has 0 aromatic carbocycles. The summed E-state index contributed by atoms with van der Waals surface area (Å²) in [5.41, 5.74) is 0. The third kappa shape index (κ3) is 1.38. The highest BCUT2D eigenvalue weighted by atomic mass is 16.6. The van der Waals surface area contributed by atoms with E-state index in [4.69, 9.17) is 20.1 Å². The SMILES string of the molecule is O=[C+]C1O[C@H](CO)[C@@H](O)[C@H]1O. The topological polar surface area (TPSA) is 87.0 Å². The Bertz CT molecular complexity index is 148. The molecular weight excluding hydrogens is 152 g/mol. The molecule has 0 aliphatic carbocycles. The fourth-order valence-electron chi connectivity index (χ4n) is 0.997. The first kappa shape index (κ1) is 8.52. The Kier molecular flexibility index (Phi) is 2.49. The van der Waals surface area contributed by atoms with Gasteiger partial charge in [-0.05, 0) is 0 Å². The van der Waals surface area contributed by atoms with E-state index in [0.717, 1.165) is 0 Å². The molecule has 5 nitrogen and oxygen atoms in total. The van der Waals surface area contributed by atoms with Gasteiger partial charge in [0, 0.05) is 4.79 Å². The van der Waals surface area contributed by atoms with Crippen LogP contribution >= 0.6 is 0 Å². The molecule has 4 atom stereocenters. The Labute approximate surface area is 63.2 Å². The smallest absolute Gasteiger partial charge is 0.394 e. The Hall–Kier alpha value is -0.580. The van der Waals surface area contributed by atoms with Crippen molar-refractivity contribution in [2.24, 2.45) is 0 Å². The van der Waals surface area contributed by atoms with Gasteiger partial charge in [-0.15, -0.1) is 0 Å². The van der Waals surface area contributed by atoms with Gasteiger partial charge in [0.2, 0.25) is 0 Å². The zero-order valence-corrected chi connectivity index (χ0v) is 5.67. The number of hydrogen-bond donors (Lipinski definition) is 3. The van der Waals surface area contributed by atoms with Crippen LogP contribution in [0.1, 0.15) is 0 Å². The highest BCUT2D eigenvalue weighted by Crippen LogP contribution is 2.19.